The second-order valence-electron chi connectivity index (χ2n) is 8.60. The van der Waals surface area contributed by atoms with Crippen LogP contribution in [0.25, 0.3) is 0 Å². The number of piperidine rings is 2. The van der Waals surface area contributed by atoms with Gasteiger partial charge in [0.05, 0.1) is 12.0 Å². The number of sulfonamides is 1. The summed E-state index contributed by atoms with van der Waals surface area (Å²) in [4.78, 5) is 15.2. The maximum Gasteiger partial charge on any atom is 0.243 e. The number of ether oxygens (including phenoxy) is 1. The van der Waals surface area contributed by atoms with Crippen molar-refractivity contribution >= 4 is 21.6 Å². The number of hydrogen-bond acceptors (Lipinski definition) is 5. The second-order valence-corrected chi connectivity index (χ2v) is 10.5. The Bertz CT molecular complexity index is 1040. The van der Waals surface area contributed by atoms with Crippen molar-refractivity contribution in [2.45, 2.75) is 36.6 Å². The van der Waals surface area contributed by atoms with E-state index in [1.54, 1.807) is 7.11 Å². The Labute approximate surface area is 194 Å². The largest absolute Gasteiger partial charge is 0.497 e. The Hall–Kier alpha value is -2.65. The molecule has 0 radical (unpaired) electrons. The molecule has 2 aliphatic heterocycles. The zero-order valence-electron chi connectivity index (χ0n) is 18.7. The van der Waals surface area contributed by atoms with E-state index < -0.39 is 15.8 Å². The van der Waals surface area contributed by atoms with Crippen LogP contribution in [0.4, 0.5) is 10.1 Å². The van der Waals surface area contributed by atoms with E-state index in [1.807, 2.05) is 24.3 Å². The molecule has 1 amide bonds. The summed E-state index contributed by atoms with van der Waals surface area (Å²) >= 11 is 0. The molecule has 0 spiro atoms. The first-order chi connectivity index (χ1) is 15.9. The van der Waals surface area contributed by atoms with E-state index in [0.717, 1.165) is 49.5 Å². The molecule has 7 nitrogen and oxygen atoms in total. The number of anilines is 1. The van der Waals surface area contributed by atoms with Crippen molar-refractivity contribution < 1.29 is 22.3 Å². The number of halogens is 1. The number of nitrogens with one attached hydrogen (secondary N) is 1. The lowest BCUT2D eigenvalue weighted by molar-refractivity contribution is -0.127. The number of hydrogen-bond donors (Lipinski definition) is 1. The Balaban J connectivity index is 1.24. The van der Waals surface area contributed by atoms with E-state index in [9.17, 15) is 17.6 Å². The molecule has 2 fully saturated rings. The van der Waals surface area contributed by atoms with Crippen molar-refractivity contribution in [1.29, 1.82) is 0 Å². The SMILES string of the molecule is COc1ccc(N2CCC(NC(=O)C3CCN(S(=O)(=O)c4ccc(F)cc4)CC3)CC2)cc1. The predicted molar refractivity (Wildman–Crippen MR) is 124 cm³/mol. The first-order valence-corrected chi connectivity index (χ1v) is 12.8. The molecule has 2 aromatic rings. The fraction of sp³-hybridized carbons (Fsp3) is 0.458. The number of rotatable bonds is 6. The fourth-order valence-corrected chi connectivity index (χ4v) is 5.98. The van der Waals surface area contributed by atoms with Gasteiger partial charge in [0.25, 0.3) is 0 Å². The van der Waals surface area contributed by atoms with E-state index in [4.69, 9.17) is 4.74 Å². The summed E-state index contributed by atoms with van der Waals surface area (Å²) in [5, 5.41) is 3.18. The van der Waals surface area contributed by atoms with Crippen molar-refractivity contribution in [2.75, 3.05) is 38.2 Å². The predicted octanol–water partition coefficient (Wildman–Crippen LogP) is 3.02. The highest BCUT2D eigenvalue weighted by Crippen LogP contribution is 2.26. The summed E-state index contributed by atoms with van der Waals surface area (Å²) in [6.07, 6.45) is 2.71. The third kappa shape index (κ3) is 5.47. The van der Waals surface area contributed by atoms with Crippen molar-refractivity contribution in [3.63, 3.8) is 0 Å². The molecule has 0 aliphatic carbocycles. The van der Waals surface area contributed by atoms with Gasteiger partial charge in [-0.05, 0) is 74.2 Å². The molecule has 0 aromatic heterocycles. The van der Waals surface area contributed by atoms with Crippen molar-refractivity contribution in [3.8, 4) is 5.75 Å². The zero-order chi connectivity index (χ0) is 23.4. The molecule has 0 bridgehead atoms. The molecule has 0 saturated carbocycles. The van der Waals surface area contributed by atoms with Gasteiger partial charge in [-0.2, -0.15) is 4.31 Å². The van der Waals surface area contributed by atoms with Gasteiger partial charge in [-0.3, -0.25) is 4.79 Å². The van der Waals surface area contributed by atoms with Crippen LogP contribution in [0, 0.1) is 11.7 Å². The highest BCUT2D eigenvalue weighted by Gasteiger charge is 2.33. The summed E-state index contributed by atoms with van der Waals surface area (Å²) in [6.45, 7) is 2.30. The average molecular weight is 476 g/mol. The molecule has 2 saturated heterocycles. The highest BCUT2D eigenvalue weighted by atomic mass is 32.2. The first kappa shape index (κ1) is 23.5. The van der Waals surface area contributed by atoms with Crippen LogP contribution in [-0.2, 0) is 14.8 Å². The molecule has 2 heterocycles. The Kier molecular flexibility index (Phi) is 7.19. The van der Waals surface area contributed by atoms with E-state index in [2.05, 4.69) is 10.2 Å². The maximum atomic E-state index is 13.1. The van der Waals surface area contributed by atoms with Crippen molar-refractivity contribution in [3.05, 3.63) is 54.3 Å². The molecule has 0 atom stereocenters. The molecule has 1 N–H and O–H groups in total. The number of carbonyl (C=O) groups is 1. The lowest BCUT2D eigenvalue weighted by atomic mass is 9.95. The summed E-state index contributed by atoms with van der Waals surface area (Å²) < 4.78 is 45.3. The van der Waals surface area contributed by atoms with Gasteiger partial charge in [0, 0.05) is 43.8 Å². The summed E-state index contributed by atoms with van der Waals surface area (Å²) in [5.41, 5.74) is 1.15. The quantitative estimate of drug-likeness (QED) is 0.695. The number of carbonyl (C=O) groups excluding carboxylic acids is 1. The third-order valence-corrected chi connectivity index (χ3v) is 8.47. The normalized spacial score (nSPS) is 18.8. The van der Waals surface area contributed by atoms with E-state index in [-0.39, 0.29) is 35.9 Å². The van der Waals surface area contributed by atoms with E-state index in [1.165, 1.54) is 16.4 Å². The van der Waals surface area contributed by atoms with Crippen LogP contribution in [-0.4, -0.2) is 58.0 Å². The lowest BCUT2D eigenvalue weighted by Crippen LogP contribution is -2.48. The zero-order valence-corrected chi connectivity index (χ0v) is 19.6. The molecule has 0 unspecified atom stereocenters. The van der Waals surface area contributed by atoms with E-state index in [0.29, 0.717) is 12.8 Å². The third-order valence-electron chi connectivity index (χ3n) is 6.56. The molecule has 4 rings (SSSR count). The summed E-state index contributed by atoms with van der Waals surface area (Å²) in [6, 6.07) is 13.0. The molecule has 178 valence electrons. The summed E-state index contributed by atoms with van der Waals surface area (Å²) in [5.74, 6) is 0.178. The minimum absolute atomic E-state index is 0.0109. The van der Waals surface area contributed by atoms with Crippen LogP contribution in [0.1, 0.15) is 25.7 Å². The number of methoxy groups -OCH3 is 1. The minimum Gasteiger partial charge on any atom is -0.497 e. The number of benzene rings is 2. The van der Waals surface area contributed by atoms with Crippen molar-refractivity contribution in [2.24, 2.45) is 5.92 Å². The van der Waals surface area contributed by atoms with Crippen LogP contribution in [0.5, 0.6) is 5.75 Å². The van der Waals surface area contributed by atoms with Gasteiger partial charge in [0.2, 0.25) is 15.9 Å². The standard InChI is InChI=1S/C24H30FN3O4S/c1-32-22-6-4-21(5-7-22)27-14-12-20(13-15-27)26-24(29)18-10-16-28(17-11-18)33(30,31)23-8-2-19(25)3-9-23/h2-9,18,20H,10-17H2,1H3,(H,26,29). The van der Waals surface area contributed by atoms with Crippen LogP contribution in [0.3, 0.4) is 0 Å². The van der Waals surface area contributed by atoms with Gasteiger partial charge in [-0.25, -0.2) is 12.8 Å². The average Bonchev–Trinajstić information content (AvgIpc) is 2.85. The van der Waals surface area contributed by atoms with Crippen molar-refractivity contribution in [1.82, 2.24) is 9.62 Å². The van der Waals surface area contributed by atoms with E-state index >= 15 is 0 Å². The molecule has 2 aromatic carbocycles. The first-order valence-electron chi connectivity index (χ1n) is 11.3. The molecule has 2 aliphatic rings. The fourth-order valence-electron chi connectivity index (χ4n) is 4.51. The van der Waals surface area contributed by atoms with Gasteiger partial charge < -0.3 is 15.0 Å². The summed E-state index contributed by atoms with van der Waals surface area (Å²) in [7, 11) is -2.02. The van der Waals surface area contributed by atoms with Crippen LogP contribution < -0.4 is 15.0 Å². The Morgan fingerprint density at radius 3 is 2.12 bits per heavy atom. The van der Waals surface area contributed by atoms with Crippen LogP contribution in [0.2, 0.25) is 0 Å². The monoisotopic (exact) mass is 475 g/mol. The minimum atomic E-state index is -3.67. The van der Waals surface area contributed by atoms with Gasteiger partial charge in [0.1, 0.15) is 11.6 Å². The Morgan fingerprint density at radius 1 is 0.939 bits per heavy atom. The van der Waals surface area contributed by atoms with Crippen LogP contribution >= 0.6 is 0 Å². The molecular weight excluding hydrogens is 445 g/mol. The second kappa shape index (κ2) is 10.1. The lowest BCUT2D eigenvalue weighted by Gasteiger charge is -2.35. The smallest absolute Gasteiger partial charge is 0.243 e. The maximum absolute atomic E-state index is 13.1. The number of nitrogens with zero attached hydrogens (tertiary/aromatic N) is 2. The topological polar surface area (TPSA) is 79.0 Å². The molecule has 9 heteroatoms. The molecular formula is C24H30FN3O4S. The van der Waals surface area contributed by atoms with Gasteiger partial charge in [0.15, 0.2) is 0 Å². The van der Waals surface area contributed by atoms with Gasteiger partial charge in [-0.1, -0.05) is 0 Å². The molecule has 33 heavy (non-hydrogen) atoms. The Morgan fingerprint density at radius 2 is 1.55 bits per heavy atom. The van der Waals surface area contributed by atoms with Gasteiger partial charge >= 0.3 is 0 Å². The number of amides is 1. The highest BCUT2D eigenvalue weighted by molar-refractivity contribution is 7.89. The van der Waals surface area contributed by atoms with Gasteiger partial charge in [-0.15, -0.1) is 0 Å². The van der Waals surface area contributed by atoms with Crippen LogP contribution in [0.15, 0.2) is 53.4 Å².